The molecule has 2 N–H and O–H groups in total. The Morgan fingerprint density at radius 3 is 2.68 bits per heavy atom. The number of nitrogens with zero attached hydrogens (tertiary/aromatic N) is 3. The lowest BCUT2D eigenvalue weighted by molar-refractivity contribution is -0.385. The Balaban J connectivity index is 1.92. The average Bonchev–Trinajstić information content (AvgIpc) is 2.70. The van der Waals surface area contributed by atoms with E-state index in [0.29, 0.717) is 12.1 Å². The number of piperidine rings is 1. The summed E-state index contributed by atoms with van der Waals surface area (Å²) in [5, 5.41) is 17.8. The maximum atomic E-state index is 13.1. The number of rotatable bonds is 8. The second-order valence-electron chi connectivity index (χ2n) is 6.50. The first-order valence-corrected chi connectivity index (χ1v) is 8.90. The van der Waals surface area contributed by atoms with Crippen LogP contribution in [0.3, 0.4) is 0 Å². The highest BCUT2D eigenvalue weighted by molar-refractivity contribution is 5.67. The van der Waals surface area contributed by atoms with E-state index in [1.165, 1.54) is 30.6 Å². The molecular formula is C18H20FN5O4. The van der Waals surface area contributed by atoms with E-state index in [0.717, 1.165) is 25.9 Å². The first-order valence-electron chi connectivity index (χ1n) is 8.90. The Hall–Kier alpha value is -3.14. The van der Waals surface area contributed by atoms with Crippen molar-refractivity contribution in [2.24, 2.45) is 5.92 Å². The van der Waals surface area contributed by atoms with E-state index < -0.39 is 16.8 Å². The van der Waals surface area contributed by atoms with Crippen molar-refractivity contribution in [3.8, 4) is 0 Å². The van der Waals surface area contributed by atoms with Crippen LogP contribution < -0.4 is 10.6 Å². The number of carbonyl (C=O) groups excluding carboxylic acids is 1. The van der Waals surface area contributed by atoms with E-state index in [1.807, 2.05) is 0 Å². The monoisotopic (exact) mass is 389 g/mol. The lowest BCUT2D eigenvalue weighted by atomic mass is 9.90. The number of aromatic nitrogens is 2. The second-order valence-corrected chi connectivity index (χ2v) is 6.50. The largest absolute Gasteiger partial charge is 0.458 e. The number of hydrogen-bond acceptors (Lipinski definition) is 8. The van der Waals surface area contributed by atoms with Gasteiger partial charge in [-0.05, 0) is 62.5 Å². The third-order valence-electron chi connectivity index (χ3n) is 4.67. The van der Waals surface area contributed by atoms with Gasteiger partial charge in [0.05, 0.1) is 4.92 Å². The SMILES string of the molecule is O=COC(CC1CCNCC1)c1ncnc(Nc2ccc(F)cc2)c1[N+](=O)[O-]. The van der Waals surface area contributed by atoms with Crippen molar-refractivity contribution in [1.82, 2.24) is 15.3 Å². The highest BCUT2D eigenvalue weighted by Gasteiger charge is 2.32. The second kappa shape index (κ2) is 9.18. The smallest absolute Gasteiger partial charge is 0.336 e. The van der Waals surface area contributed by atoms with E-state index in [1.54, 1.807) is 0 Å². The third-order valence-corrected chi connectivity index (χ3v) is 4.67. The lowest BCUT2D eigenvalue weighted by Crippen LogP contribution is -2.29. The maximum absolute atomic E-state index is 13.1. The summed E-state index contributed by atoms with van der Waals surface area (Å²) < 4.78 is 18.3. The van der Waals surface area contributed by atoms with Crippen molar-refractivity contribution in [2.75, 3.05) is 18.4 Å². The summed E-state index contributed by atoms with van der Waals surface area (Å²) in [5.41, 5.74) is 0.100. The van der Waals surface area contributed by atoms with Crippen molar-refractivity contribution in [2.45, 2.75) is 25.4 Å². The first-order chi connectivity index (χ1) is 13.6. The molecule has 1 atom stereocenters. The van der Waals surface area contributed by atoms with Gasteiger partial charge in [-0.25, -0.2) is 14.4 Å². The molecule has 28 heavy (non-hydrogen) atoms. The van der Waals surface area contributed by atoms with Gasteiger partial charge in [-0.2, -0.15) is 0 Å². The van der Waals surface area contributed by atoms with Gasteiger partial charge in [0, 0.05) is 5.69 Å². The standard InChI is InChI=1S/C18H20FN5O4/c19-13-1-3-14(4-2-13)23-18-17(24(26)27)16(21-10-22-18)15(28-11-25)9-12-5-7-20-8-6-12/h1-4,10-12,15,20H,5-9H2,(H,21,22,23). The van der Waals surface area contributed by atoms with Crippen LogP contribution in [0.15, 0.2) is 30.6 Å². The quantitative estimate of drug-likeness (QED) is 0.402. The van der Waals surface area contributed by atoms with E-state index in [2.05, 4.69) is 20.6 Å². The van der Waals surface area contributed by atoms with Crippen LogP contribution in [0, 0.1) is 21.8 Å². The highest BCUT2D eigenvalue weighted by Crippen LogP contribution is 2.36. The number of hydrogen-bond donors (Lipinski definition) is 2. The highest BCUT2D eigenvalue weighted by atomic mass is 19.1. The predicted octanol–water partition coefficient (Wildman–Crippen LogP) is 2.87. The fourth-order valence-electron chi connectivity index (χ4n) is 3.29. The number of ether oxygens (including phenoxy) is 1. The summed E-state index contributed by atoms with van der Waals surface area (Å²) in [5.74, 6) is -0.217. The molecule has 0 spiro atoms. The Kier molecular flexibility index (Phi) is 6.43. The Bertz CT molecular complexity index is 827. The van der Waals surface area contributed by atoms with Gasteiger partial charge in [0.1, 0.15) is 12.1 Å². The number of carbonyl (C=O) groups is 1. The lowest BCUT2D eigenvalue weighted by Gasteiger charge is -2.25. The molecule has 1 saturated heterocycles. The molecule has 0 aliphatic carbocycles. The van der Waals surface area contributed by atoms with Gasteiger partial charge >= 0.3 is 5.69 Å². The Morgan fingerprint density at radius 1 is 1.32 bits per heavy atom. The average molecular weight is 389 g/mol. The number of anilines is 2. The van der Waals surface area contributed by atoms with E-state index in [9.17, 15) is 19.3 Å². The van der Waals surface area contributed by atoms with Crippen molar-refractivity contribution < 1.29 is 18.8 Å². The van der Waals surface area contributed by atoms with Gasteiger partial charge in [0.15, 0.2) is 11.8 Å². The third kappa shape index (κ3) is 4.77. The van der Waals surface area contributed by atoms with E-state index >= 15 is 0 Å². The van der Waals surface area contributed by atoms with Gasteiger partial charge in [-0.1, -0.05) is 0 Å². The molecular weight excluding hydrogens is 369 g/mol. The number of halogens is 1. The molecule has 0 amide bonds. The molecule has 1 unspecified atom stereocenters. The van der Waals surface area contributed by atoms with Gasteiger partial charge in [-0.15, -0.1) is 0 Å². The van der Waals surface area contributed by atoms with Crippen LogP contribution in [0.25, 0.3) is 0 Å². The minimum atomic E-state index is -0.849. The molecule has 1 aliphatic rings. The molecule has 0 bridgehead atoms. The van der Waals surface area contributed by atoms with Gasteiger partial charge in [-0.3, -0.25) is 14.9 Å². The molecule has 0 radical (unpaired) electrons. The molecule has 2 heterocycles. The topological polar surface area (TPSA) is 119 Å². The summed E-state index contributed by atoms with van der Waals surface area (Å²) >= 11 is 0. The van der Waals surface area contributed by atoms with Gasteiger partial charge < -0.3 is 15.4 Å². The zero-order valence-corrected chi connectivity index (χ0v) is 15.0. The molecule has 9 nitrogen and oxygen atoms in total. The normalized spacial score (nSPS) is 15.6. The minimum absolute atomic E-state index is 0.0373. The summed E-state index contributed by atoms with van der Waals surface area (Å²) in [7, 11) is 0. The van der Waals surface area contributed by atoms with Gasteiger partial charge in [0.2, 0.25) is 5.82 Å². The molecule has 1 aromatic carbocycles. The van der Waals surface area contributed by atoms with Crippen molar-refractivity contribution in [3.05, 3.63) is 52.2 Å². The van der Waals surface area contributed by atoms with Crippen molar-refractivity contribution in [1.29, 1.82) is 0 Å². The van der Waals surface area contributed by atoms with Gasteiger partial charge in [0.25, 0.3) is 6.47 Å². The van der Waals surface area contributed by atoms with Crippen LogP contribution in [0.4, 0.5) is 21.6 Å². The molecule has 10 heteroatoms. The first kappa shape index (κ1) is 19.6. The molecule has 1 fully saturated rings. The van der Waals surface area contributed by atoms with Crippen molar-refractivity contribution in [3.63, 3.8) is 0 Å². The number of benzene rings is 1. The minimum Gasteiger partial charge on any atom is -0.458 e. The van der Waals surface area contributed by atoms with Crippen LogP contribution in [0.2, 0.25) is 0 Å². The summed E-state index contributed by atoms with van der Waals surface area (Å²) in [6.07, 6.45) is 2.54. The molecule has 3 rings (SSSR count). The molecule has 1 aromatic heterocycles. The van der Waals surface area contributed by atoms with Crippen LogP contribution >= 0.6 is 0 Å². The molecule has 0 saturated carbocycles. The zero-order valence-electron chi connectivity index (χ0n) is 15.0. The van der Waals surface area contributed by atoms with Crippen LogP contribution in [-0.2, 0) is 9.53 Å². The number of nitrogens with one attached hydrogen (secondary N) is 2. The van der Waals surface area contributed by atoms with Crippen LogP contribution in [-0.4, -0.2) is 34.5 Å². The Labute approximate surface area is 160 Å². The molecule has 2 aromatic rings. The Morgan fingerprint density at radius 2 is 2.04 bits per heavy atom. The maximum Gasteiger partial charge on any atom is 0.336 e. The van der Waals surface area contributed by atoms with Crippen LogP contribution in [0.5, 0.6) is 0 Å². The summed E-state index contributed by atoms with van der Waals surface area (Å²) in [6, 6.07) is 5.34. The van der Waals surface area contributed by atoms with E-state index in [4.69, 9.17) is 4.74 Å². The van der Waals surface area contributed by atoms with E-state index in [-0.39, 0.29) is 29.6 Å². The fourth-order valence-corrected chi connectivity index (χ4v) is 3.29. The molecule has 148 valence electrons. The fraction of sp³-hybridized carbons (Fsp3) is 0.389. The zero-order chi connectivity index (χ0) is 19.9. The van der Waals surface area contributed by atoms with Crippen molar-refractivity contribution >= 4 is 23.7 Å². The van der Waals surface area contributed by atoms with Crippen LogP contribution in [0.1, 0.15) is 31.1 Å². The predicted molar refractivity (Wildman–Crippen MR) is 98.5 cm³/mol. The summed E-state index contributed by atoms with van der Waals surface area (Å²) in [4.78, 5) is 30.2. The number of nitro groups is 1. The molecule has 1 aliphatic heterocycles. The summed E-state index contributed by atoms with van der Waals surface area (Å²) in [6.45, 7) is 1.98.